The summed E-state index contributed by atoms with van der Waals surface area (Å²) in [6, 6.07) is 13.2. The number of anilines is 1. The molecule has 2 aliphatic heterocycles. The van der Waals surface area contributed by atoms with Crippen molar-refractivity contribution in [2.45, 2.75) is 13.0 Å². The molecule has 0 saturated carbocycles. The van der Waals surface area contributed by atoms with E-state index in [1.807, 2.05) is 60.5 Å². The predicted molar refractivity (Wildman–Crippen MR) is 109 cm³/mol. The highest BCUT2D eigenvalue weighted by Gasteiger charge is 2.32. The van der Waals surface area contributed by atoms with Crippen molar-refractivity contribution in [2.24, 2.45) is 0 Å². The molecule has 1 aromatic carbocycles. The molecule has 3 aromatic rings. The van der Waals surface area contributed by atoms with Gasteiger partial charge in [-0.1, -0.05) is 12.1 Å². The second-order valence-electron chi connectivity index (χ2n) is 7.33. The number of hydrogen-bond donors (Lipinski definition) is 0. The quantitative estimate of drug-likeness (QED) is 0.651. The molecule has 1 amide bonds. The number of fused-ring (bicyclic) bond motifs is 1. The monoisotopic (exact) mass is 406 g/mol. The second-order valence-corrected chi connectivity index (χ2v) is 7.33. The first kappa shape index (κ1) is 18.4. The van der Waals surface area contributed by atoms with E-state index in [4.69, 9.17) is 9.47 Å². The Morgan fingerprint density at radius 2 is 1.70 bits per heavy atom. The van der Waals surface area contributed by atoms with Gasteiger partial charge in [0.15, 0.2) is 23.1 Å². The van der Waals surface area contributed by atoms with Gasteiger partial charge in [0, 0.05) is 32.4 Å². The molecule has 154 valence electrons. The third-order valence-corrected chi connectivity index (χ3v) is 5.29. The summed E-state index contributed by atoms with van der Waals surface area (Å²) in [5.74, 6) is 2.72. The molecule has 1 unspecified atom stereocenters. The van der Waals surface area contributed by atoms with E-state index in [0.29, 0.717) is 43.5 Å². The Bertz CT molecular complexity index is 1040. The van der Waals surface area contributed by atoms with E-state index in [2.05, 4.69) is 20.2 Å². The summed E-state index contributed by atoms with van der Waals surface area (Å²) in [5, 5.41) is 13.0. The van der Waals surface area contributed by atoms with Gasteiger partial charge in [0.2, 0.25) is 6.10 Å². The lowest BCUT2D eigenvalue weighted by molar-refractivity contribution is -0.141. The van der Waals surface area contributed by atoms with Gasteiger partial charge >= 0.3 is 0 Å². The minimum absolute atomic E-state index is 0.0420. The maximum absolute atomic E-state index is 12.9. The zero-order valence-corrected chi connectivity index (χ0v) is 16.6. The smallest absolute Gasteiger partial charge is 0.267 e. The van der Waals surface area contributed by atoms with E-state index in [9.17, 15) is 4.79 Å². The molecule has 1 fully saturated rings. The van der Waals surface area contributed by atoms with E-state index in [-0.39, 0.29) is 12.5 Å². The fourth-order valence-electron chi connectivity index (χ4n) is 3.65. The lowest BCUT2D eigenvalue weighted by Gasteiger charge is -2.37. The number of hydrogen-bond acceptors (Lipinski definition) is 7. The molecule has 2 aliphatic rings. The Morgan fingerprint density at radius 1 is 0.967 bits per heavy atom. The minimum atomic E-state index is -0.608. The van der Waals surface area contributed by atoms with E-state index >= 15 is 0 Å². The van der Waals surface area contributed by atoms with E-state index in [0.717, 1.165) is 11.5 Å². The zero-order chi connectivity index (χ0) is 20.5. The van der Waals surface area contributed by atoms with Crippen LogP contribution in [0.1, 0.15) is 5.69 Å². The van der Waals surface area contributed by atoms with Gasteiger partial charge in [-0.2, -0.15) is 5.10 Å². The maximum atomic E-state index is 12.9. The van der Waals surface area contributed by atoms with Crippen LogP contribution in [0.5, 0.6) is 11.5 Å². The van der Waals surface area contributed by atoms with Crippen LogP contribution in [-0.4, -0.2) is 69.7 Å². The van der Waals surface area contributed by atoms with Crippen LogP contribution in [0.4, 0.5) is 5.82 Å². The number of carbonyl (C=O) groups excluding carboxylic acids is 1. The van der Waals surface area contributed by atoms with Crippen LogP contribution in [0.2, 0.25) is 0 Å². The molecule has 0 radical (unpaired) electrons. The minimum Gasteiger partial charge on any atom is -0.485 e. The fraction of sp³-hybridized carbons (Fsp3) is 0.333. The van der Waals surface area contributed by atoms with E-state index < -0.39 is 6.10 Å². The van der Waals surface area contributed by atoms with Gasteiger partial charge in [-0.25, -0.2) is 4.68 Å². The molecule has 0 N–H and O–H groups in total. The maximum Gasteiger partial charge on any atom is 0.267 e. The molecule has 9 nitrogen and oxygen atoms in total. The topological polar surface area (TPSA) is 85.6 Å². The van der Waals surface area contributed by atoms with Gasteiger partial charge in [-0.05, 0) is 37.3 Å². The van der Waals surface area contributed by atoms with Crippen molar-refractivity contribution >= 4 is 11.7 Å². The number of nitrogens with zero attached hydrogens (tertiary/aromatic N) is 6. The Morgan fingerprint density at radius 3 is 2.40 bits per heavy atom. The number of carbonyl (C=O) groups is 1. The molecule has 1 saturated heterocycles. The SMILES string of the molecule is Cc1ccn(-c2ccc(N3CCN(C(=O)C4COc5ccccc5O4)CC3)nn2)n1. The number of para-hydroxylation sites is 2. The number of rotatable bonds is 3. The lowest BCUT2D eigenvalue weighted by atomic mass is 10.2. The first-order valence-corrected chi connectivity index (χ1v) is 9.96. The molecule has 0 aliphatic carbocycles. The highest BCUT2D eigenvalue weighted by molar-refractivity contribution is 5.82. The van der Waals surface area contributed by atoms with Crippen LogP contribution in [-0.2, 0) is 4.79 Å². The van der Waals surface area contributed by atoms with Gasteiger partial charge in [0.1, 0.15) is 6.61 Å². The number of benzene rings is 1. The van der Waals surface area contributed by atoms with Gasteiger partial charge in [-0.15, -0.1) is 10.2 Å². The number of aromatic nitrogens is 4. The summed E-state index contributed by atoms with van der Waals surface area (Å²) in [7, 11) is 0. The van der Waals surface area contributed by atoms with Crippen molar-refractivity contribution < 1.29 is 14.3 Å². The van der Waals surface area contributed by atoms with Gasteiger partial charge in [0.05, 0.1) is 5.69 Å². The molecule has 9 heteroatoms. The van der Waals surface area contributed by atoms with Crippen LogP contribution in [0, 0.1) is 6.92 Å². The molecular weight excluding hydrogens is 384 g/mol. The normalized spacial score (nSPS) is 18.4. The first-order valence-electron chi connectivity index (χ1n) is 9.96. The highest BCUT2D eigenvalue weighted by atomic mass is 16.6. The van der Waals surface area contributed by atoms with Crippen molar-refractivity contribution in [3.05, 3.63) is 54.4 Å². The Balaban J connectivity index is 1.19. The number of ether oxygens (including phenoxy) is 2. The number of piperazine rings is 1. The third-order valence-electron chi connectivity index (χ3n) is 5.29. The van der Waals surface area contributed by atoms with Crippen LogP contribution in [0.15, 0.2) is 48.7 Å². The summed E-state index contributed by atoms with van der Waals surface area (Å²) >= 11 is 0. The van der Waals surface area contributed by atoms with Gasteiger partial charge in [0.25, 0.3) is 5.91 Å². The number of amides is 1. The lowest BCUT2D eigenvalue weighted by Crippen LogP contribution is -2.54. The van der Waals surface area contributed by atoms with Crippen molar-refractivity contribution in [3.8, 4) is 17.3 Å². The average molecular weight is 406 g/mol. The largest absolute Gasteiger partial charge is 0.485 e. The molecule has 30 heavy (non-hydrogen) atoms. The van der Waals surface area contributed by atoms with Crippen molar-refractivity contribution in [1.29, 1.82) is 0 Å². The number of aryl methyl sites for hydroxylation is 1. The van der Waals surface area contributed by atoms with Crippen LogP contribution in [0.25, 0.3) is 5.82 Å². The summed E-state index contributed by atoms with van der Waals surface area (Å²) in [6.07, 6.45) is 1.25. The molecule has 0 spiro atoms. The summed E-state index contributed by atoms with van der Waals surface area (Å²) < 4.78 is 13.2. The molecule has 1 atom stereocenters. The Labute approximate surface area is 173 Å². The summed E-state index contributed by atoms with van der Waals surface area (Å²) in [4.78, 5) is 16.8. The van der Waals surface area contributed by atoms with Crippen LogP contribution >= 0.6 is 0 Å². The van der Waals surface area contributed by atoms with Crippen molar-refractivity contribution in [2.75, 3.05) is 37.7 Å². The van der Waals surface area contributed by atoms with Gasteiger partial charge < -0.3 is 19.3 Å². The molecular formula is C21H22N6O3. The molecule has 5 rings (SSSR count). The van der Waals surface area contributed by atoms with Crippen LogP contribution < -0.4 is 14.4 Å². The summed E-state index contributed by atoms with van der Waals surface area (Å²) in [6.45, 7) is 4.73. The van der Waals surface area contributed by atoms with Crippen molar-refractivity contribution in [1.82, 2.24) is 24.9 Å². The second kappa shape index (κ2) is 7.66. The molecule has 2 aromatic heterocycles. The zero-order valence-electron chi connectivity index (χ0n) is 16.6. The third kappa shape index (κ3) is 3.54. The summed E-state index contributed by atoms with van der Waals surface area (Å²) in [5.41, 5.74) is 0.928. The molecule has 0 bridgehead atoms. The predicted octanol–water partition coefficient (Wildman–Crippen LogP) is 1.46. The Hall–Kier alpha value is -3.62. The van der Waals surface area contributed by atoms with E-state index in [1.54, 1.807) is 4.68 Å². The molecule has 4 heterocycles. The van der Waals surface area contributed by atoms with E-state index in [1.165, 1.54) is 0 Å². The van der Waals surface area contributed by atoms with Gasteiger partial charge in [-0.3, -0.25) is 4.79 Å². The first-order chi connectivity index (χ1) is 14.7. The van der Waals surface area contributed by atoms with Crippen molar-refractivity contribution in [3.63, 3.8) is 0 Å². The highest BCUT2D eigenvalue weighted by Crippen LogP contribution is 2.31. The van der Waals surface area contributed by atoms with Crippen LogP contribution in [0.3, 0.4) is 0 Å². The Kier molecular flexibility index (Phi) is 4.70. The average Bonchev–Trinajstić information content (AvgIpc) is 3.25. The standard InChI is InChI=1S/C21H22N6O3/c1-15-8-9-27(24-15)20-7-6-19(22-23-20)25-10-12-26(13-11-25)21(28)18-14-29-16-4-2-3-5-17(16)30-18/h2-9,18H,10-14H2,1H3. The fourth-order valence-corrected chi connectivity index (χ4v) is 3.65.